The number of ether oxygens (including phenoxy) is 3. The van der Waals surface area contributed by atoms with E-state index in [-0.39, 0.29) is 24.0 Å². The smallest absolute Gasteiger partial charge is 0.240 e. The van der Waals surface area contributed by atoms with Crippen molar-refractivity contribution in [3.05, 3.63) is 122 Å². The predicted molar refractivity (Wildman–Crippen MR) is 197 cm³/mol. The lowest BCUT2D eigenvalue weighted by molar-refractivity contribution is 0.0162. The Kier molecular flexibility index (Phi) is 14.3. The summed E-state index contributed by atoms with van der Waals surface area (Å²) in [5, 5.41) is 5.30. The van der Waals surface area contributed by atoms with E-state index in [9.17, 15) is 8.42 Å². The van der Waals surface area contributed by atoms with Crippen LogP contribution in [0, 0.1) is 0 Å². The number of nitrogens with one attached hydrogen (secondary N) is 2. The van der Waals surface area contributed by atoms with Crippen LogP contribution < -0.4 is 10.0 Å². The second kappa shape index (κ2) is 18.6. The maximum Gasteiger partial charge on any atom is 0.240 e. The van der Waals surface area contributed by atoms with Gasteiger partial charge in [0.05, 0.1) is 44.5 Å². The third-order valence-electron chi connectivity index (χ3n) is 8.23. The van der Waals surface area contributed by atoms with E-state index in [1.807, 2.05) is 43.4 Å². The van der Waals surface area contributed by atoms with Gasteiger partial charge in [-0.05, 0) is 76.8 Å². The summed E-state index contributed by atoms with van der Waals surface area (Å²) in [6, 6.07) is 27.0. The lowest BCUT2D eigenvalue weighted by Crippen LogP contribution is -2.31. The topological polar surface area (TPSA) is 89.1 Å². The average molecular weight is 747 g/mol. The summed E-state index contributed by atoms with van der Waals surface area (Å²) in [6.07, 6.45) is 0. The summed E-state index contributed by atoms with van der Waals surface area (Å²) in [4.78, 5) is 2.38. The van der Waals surface area contributed by atoms with Crippen molar-refractivity contribution in [2.45, 2.75) is 23.9 Å². The number of fused-ring (bicyclic) bond motifs is 1. The number of nitrogens with zero attached hydrogens (tertiary/aromatic N) is 1. The minimum absolute atomic E-state index is 0.0542. The average Bonchev–Trinajstić information content (AvgIpc) is 3.09. The third kappa shape index (κ3) is 11.2. The van der Waals surface area contributed by atoms with Crippen LogP contribution in [0.1, 0.15) is 28.2 Å². The summed E-state index contributed by atoms with van der Waals surface area (Å²) in [7, 11) is -1.70. The molecule has 5 rings (SSSR count). The monoisotopic (exact) mass is 745 g/mol. The fourth-order valence-electron chi connectivity index (χ4n) is 5.74. The van der Waals surface area contributed by atoms with E-state index in [1.54, 1.807) is 24.3 Å². The van der Waals surface area contributed by atoms with Crippen molar-refractivity contribution in [1.82, 2.24) is 14.9 Å². The van der Waals surface area contributed by atoms with Crippen LogP contribution in [0.4, 0.5) is 0 Å². The van der Waals surface area contributed by atoms with Crippen molar-refractivity contribution >= 4 is 44.8 Å². The number of hydrogen-bond acceptors (Lipinski definition) is 7. The minimum atomic E-state index is -3.73. The first-order chi connectivity index (χ1) is 23.7. The molecule has 262 valence electrons. The zero-order chi connectivity index (χ0) is 34.6. The molecule has 1 atom stereocenters. The van der Waals surface area contributed by atoms with Gasteiger partial charge >= 0.3 is 0 Å². The van der Waals surface area contributed by atoms with Crippen LogP contribution in [0.15, 0.2) is 89.8 Å². The number of sulfonamides is 1. The van der Waals surface area contributed by atoms with Gasteiger partial charge in [0.15, 0.2) is 0 Å². The number of hydrogen-bond donors (Lipinski definition) is 2. The number of rotatable bonds is 18. The Labute approximate surface area is 304 Å². The van der Waals surface area contributed by atoms with Crippen LogP contribution in [0.2, 0.25) is 15.1 Å². The fourth-order valence-corrected chi connectivity index (χ4v) is 7.50. The van der Waals surface area contributed by atoms with Crippen molar-refractivity contribution in [2.75, 3.05) is 66.3 Å². The lowest BCUT2D eigenvalue weighted by atomic mass is 9.85. The Balaban J connectivity index is 0.915. The van der Waals surface area contributed by atoms with Crippen molar-refractivity contribution < 1.29 is 22.6 Å². The summed E-state index contributed by atoms with van der Waals surface area (Å²) in [5.74, 6) is -0.0542. The largest absolute Gasteiger partial charge is 0.378 e. The van der Waals surface area contributed by atoms with Gasteiger partial charge in [0.1, 0.15) is 0 Å². The highest BCUT2D eigenvalue weighted by Crippen LogP contribution is 2.38. The van der Waals surface area contributed by atoms with Crippen LogP contribution in [0.5, 0.6) is 0 Å². The van der Waals surface area contributed by atoms with E-state index >= 15 is 0 Å². The molecule has 1 aliphatic heterocycles. The van der Waals surface area contributed by atoms with Crippen LogP contribution in [0.3, 0.4) is 0 Å². The van der Waals surface area contributed by atoms with Crippen LogP contribution in [-0.4, -0.2) is 79.6 Å². The Morgan fingerprint density at radius 3 is 2.08 bits per heavy atom. The Hall–Kier alpha value is -2.54. The Bertz CT molecular complexity index is 1760. The molecule has 4 aromatic carbocycles. The molecule has 1 aliphatic rings. The minimum Gasteiger partial charge on any atom is -0.378 e. The fraction of sp³-hybridized carbons (Fsp3) is 0.351. The van der Waals surface area contributed by atoms with Gasteiger partial charge in [-0.2, -0.15) is 0 Å². The molecular formula is C37H42Cl3N3O5S. The molecule has 2 N–H and O–H groups in total. The molecule has 12 heteroatoms. The zero-order valence-electron chi connectivity index (χ0n) is 27.5. The molecule has 0 aliphatic carbocycles. The zero-order valence-corrected chi connectivity index (χ0v) is 30.6. The Morgan fingerprint density at radius 1 is 0.755 bits per heavy atom. The molecule has 0 radical (unpaired) electrons. The maximum atomic E-state index is 13.1. The Morgan fingerprint density at radius 2 is 1.39 bits per heavy atom. The molecule has 0 unspecified atom stereocenters. The first-order valence-electron chi connectivity index (χ1n) is 16.2. The molecular weight excluding hydrogens is 705 g/mol. The highest BCUT2D eigenvalue weighted by atomic mass is 35.5. The van der Waals surface area contributed by atoms with Gasteiger partial charge in [0, 0.05) is 53.7 Å². The van der Waals surface area contributed by atoms with Crippen molar-refractivity contribution in [2.24, 2.45) is 0 Å². The lowest BCUT2D eigenvalue weighted by Gasteiger charge is -2.33. The van der Waals surface area contributed by atoms with Crippen molar-refractivity contribution in [3.63, 3.8) is 0 Å². The molecule has 8 nitrogen and oxygen atoms in total. The van der Waals surface area contributed by atoms with E-state index < -0.39 is 10.0 Å². The maximum absolute atomic E-state index is 13.1. The van der Waals surface area contributed by atoms with Gasteiger partial charge in [-0.3, -0.25) is 0 Å². The quantitative estimate of drug-likeness (QED) is 0.106. The SMILES string of the molecule is CN1Cc2c(Cl)cc(Cl)cc2[C@H](c2cccc(S(=O)(=O)NCCOCCOCCOCCNCc3ccc(-c4ccc(Cl)cc4)cc3)c2)C1. The molecule has 0 bridgehead atoms. The van der Waals surface area contributed by atoms with Crippen LogP contribution in [-0.2, 0) is 37.3 Å². The second-order valence-electron chi connectivity index (χ2n) is 11.9. The van der Waals surface area contributed by atoms with E-state index in [1.165, 1.54) is 5.56 Å². The van der Waals surface area contributed by atoms with E-state index in [0.717, 1.165) is 52.5 Å². The van der Waals surface area contributed by atoms with E-state index in [2.05, 4.69) is 39.2 Å². The van der Waals surface area contributed by atoms with Crippen LogP contribution >= 0.6 is 34.8 Å². The second-order valence-corrected chi connectivity index (χ2v) is 14.9. The number of halogens is 3. The predicted octanol–water partition coefficient (Wildman–Crippen LogP) is 7.01. The first kappa shape index (κ1) is 37.7. The van der Waals surface area contributed by atoms with Crippen molar-refractivity contribution in [3.8, 4) is 11.1 Å². The summed E-state index contributed by atoms with van der Waals surface area (Å²) >= 11 is 18.8. The molecule has 0 aromatic heterocycles. The standard InChI is InChI=1S/C37H42Cl3N3O5S/c1-43-25-35(34-22-32(39)23-37(40)36(34)26-43)30-3-2-4-33(21-30)49(44,45)42-14-16-47-18-20-48-19-17-46-15-13-41-24-27-5-7-28(8-6-27)29-9-11-31(38)12-10-29/h2-12,21-23,35,41-42H,13-20,24-26H2,1H3/t35-/m0/s1. The molecule has 0 saturated heterocycles. The number of likely N-dealkylation sites (N-methyl/N-ethyl adjacent to an activating group) is 1. The van der Waals surface area contributed by atoms with Gasteiger partial charge < -0.3 is 24.4 Å². The van der Waals surface area contributed by atoms with Gasteiger partial charge in [-0.25, -0.2) is 13.1 Å². The van der Waals surface area contributed by atoms with Gasteiger partial charge in [0.2, 0.25) is 10.0 Å². The molecule has 49 heavy (non-hydrogen) atoms. The molecule has 1 heterocycles. The molecule has 0 saturated carbocycles. The van der Waals surface area contributed by atoms with E-state index in [0.29, 0.717) is 49.6 Å². The van der Waals surface area contributed by atoms with Gasteiger partial charge in [0.25, 0.3) is 0 Å². The number of benzene rings is 4. The van der Waals surface area contributed by atoms with Gasteiger partial charge in [-0.1, -0.05) is 83.3 Å². The first-order valence-corrected chi connectivity index (χ1v) is 18.9. The summed E-state index contributed by atoms with van der Waals surface area (Å²) in [6.45, 7) is 5.59. The highest BCUT2D eigenvalue weighted by Gasteiger charge is 2.28. The molecule has 0 amide bonds. The summed E-state index contributed by atoms with van der Waals surface area (Å²) < 4.78 is 45.5. The molecule has 0 fully saturated rings. The molecule has 4 aromatic rings. The third-order valence-corrected chi connectivity index (χ3v) is 10.5. The van der Waals surface area contributed by atoms with Crippen molar-refractivity contribution in [1.29, 1.82) is 0 Å². The highest BCUT2D eigenvalue weighted by molar-refractivity contribution is 7.89. The van der Waals surface area contributed by atoms with E-state index in [4.69, 9.17) is 49.0 Å². The van der Waals surface area contributed by atoms with Crippen LogP contribution in [0.25, 0.3) is 11.1 Å². The van der Waals surface area contributed by atoms with Gasteiger partial charge in [-0.15, -0.1) is 0 Å². The summed E-state index contributed by atoms with van der Waals surface area (Å²) in [5.41, 5.74) is 6.43. The molecule has 0 spiro atoms. The normalized spacial score (nSPS) is 15.0.